The van der Waals surface area contributed by atoms with Gasteiger partial charge < -0.3 is 24.6 Å². The van der Waals surface area contributed by atoms with Gasteiger partial charge in [-0.3, -0.25) is 19.8 Å². The average molecular weight is 554 g/mol. The van der Waals surface area contributed by atoms with Crippen LogP contribution in [0.1, 0.15) is 45.6 Å². The van der Waals surface area contributed by atoms with E-state index in [1.807, 2.05) is 43.1 Å². The predicted octanol–water partition coefficient (Wildman–Crippen LogP) is 4.09. The number of non-ortho nitro benzene ring substituents is 1. The van der Waals surface area contributed by atoms with Crippen molar-refractivity contribution in [2.75, 3.05) is 20.2 Å². The van der Waals surface area contributed by atoms with Gasteiger partial charge in [-0.05, 0) is 58.9 Å². The molecule has 0 saturated carbocycles. The number of ether oxygens (including phenoxy) is 3. The van der Waals surface area contributed by atoms with Gasteiger partial charge >= 0.3 is 11.9 Å². The molecule has 2 aliphatic rings. The smallest absolute Gasteiger partial charge is 0.333 e. The third kappa shape index (κ3) is 5.46. The number of nitro benzene ring substituents is 1. The summed E-state index contributed by atoms with van der Waals surface area (Å²) in [6.07, 6.45) is -0.748. The highest BCUT2D eigenvalue weighted by atomic mass is 16.6. The van der Waals surface area contributed by atoms with Gasteiger partial charge in [0.25, 0.3) is 5.69 Å². The molecule has 2 aliphatic heterocycles. The maximum absolute atomic E-state index is 14.1. The molecule has 4 unspecified atom stereocenters. The number of carboxylic acid groups (broad SMARTS) is 1. The molecule has 11 heteroatoms. The number of carboxylic acids is 1. The summed E-state index contributed by atoms with van der Waals surface area (Å²) in [5, 5.41) is 25.2. The SMILES string of the molecule is CC1=C(C(=O)O)C(c2cccc([N+](=O)[O-])c2)C(CCN(C)C2COc3ccccc3O2)(C(=O)OC(C)C)C(C)N1. The summed E-state index contributed by atoms with van der Waals surface area (Å²) in [5.74, 6) is -1.57. The van der Waals surface area contributed by atoms with Gasteiger partial charge in [-0.25, -0.2) is 4.79 Å². The van der Waals surface area contributed by atoms with Crippen LogP contribution in [0.25, 0.3) is 0 Å². The Morgan fingerprint density at radius 2 is 1.93 bits per heavy atom. The summed E-state index contributed by atoms with van der Waals surface area (Å²) < 4.78 is 17.8. The van der Waals surface area contributed by atoms with E-state index in [0.29, 0.717) is 29.3 Å². The lowest BCUT2D eigenvalue weighted by Crippen LogP contribution is -2.58. The molecule has 4 atom stereocenters. The number of rotatable bonds is 9. The van der Waals surface area contributed by atoms with Gasteiger partial charge in [0, 0.05) is 36.3 Å². The highest BCUT2D eigenvalue weighted by molar-refractivity contribution is 5.93. The maximum Gasteiger partial charge on any atom is 0.333 e. The van der Waals surface area contributed by atoms with Gasteiger partial charge in [-0.15, -0.1) is 0 Å². The first-order chi connectivity index (χ1) is 19.0. The topological polar surface area (TPSA) is 140 Å². The zero-order valence-electron chi connectivity index (χ0n) is 23.2. The zero-order chi connectivity index (χ0) is 29.2. The second kappa shape index (κ2) is 11.5. The Balaban J connectivity index is 1.78. The number of likely N-dealkylation sites (N-methyl/N-ethyl adjacent to an activating group) is 1. The lowest BCUT2D eigenvalue weighted by atomic mass is 9.60. The van der Waals surface area contributed by atoms with Crippen molar-refractivity contribution < 1.29 is 33.8 Å². The van der Waals surface area contributed by atoms with Gasteiger partial charge in [0.1, 0.15) is 12.0 Å². The summed E-state index contributed by atoms with van der Waals surface area (Å²) >= 11 is 0. The number of nitrogens with zero attached hydrogens (tertiary/aromatic N) is 2. The number of aliphatic carboxylic acids is 1. The van der Waals surface area contributed by atoms with E-state index < -0.39 is 46.6 Å². The molecule has 0 radical (unpaired) electrons. The lowest BCUT2D eigenvalue weighted by molar-refractivity contribution is -0.384. The Morgan fingerprint density at radius 3 is 2.58 bits per heavy atom. The number of nitrogens with one attached hydrogen (secondary N) is 1. The zero-order valence-corrected chi connectivity index (χ0v) is 23.2. The van der Waals surface area contributed by atoms with Crippen LogP contribution in [0, 0.1) is 15.5 Å². The molecule has 11 nitrogen and oxygen atoms in total. The molecule has 0 amide bonds. The summed E-state index contributed by atoms with van der Waals surface area (Å²) in [6, 6.07) is 12.6. The molecular formula is C29H35N3O8. The van der Waals surface area contributed by atoms with E-state index in [-0.39, 0.29) is 24.3 Å². The van der Waals surface area contributed by atoms with Crippen molar-refractivity contribution >= 4 is 17.6 Å². The number of para-hydroxylation sites is 2. The summed E-state index contributed by atoms with van der Waals surface area (Å²) in [5.41, 5.74) is -0.907. The Morgan fingerprint density at radius 1 is 1.23 bits per heavy atom. The molecule has 0 saturated heterocycles. The Hall–Kier alpha value is -4.12. The van der Waals surface area contributed by atoms with Gasteiger partial charge in [0.2, 0.25) is 0 Å². The van der Waals surface area contributed by atoms with Crippen LogP contribution < -0.4 is 14.8 Å². The van der Waals surface area contributed by atoms with Crippen LogP contribution in [-0.2, 0) is 14.3 Å². The first kappa shape index (κ1) is 28.9. The van der Waals surface area contributed by atoms with Crippen LogP contribution in [0.15, 0.2) is 59.8 Å². The van der Waals surface area contributed by atoms with Crippen molar-refractivity contribution in [2.45, 2.75) is 58.4 Å². The number of hydrogen-bond acceptors (Lipinski definition) is 9. The van der Waals surface area contributed by atoms with Gasteiger partial charge in [0.05, 0.1) is 16.6 Å². The molecule has 0 aromatic heterocycles. The largest absolute Gasteiger partial charge is 0.484 e. The molecule has 4 rings (SSSR count). The van der Waals surface area contributed by atoms with E-state index in [9.17, 15) is 24.8 Å². The minimum Gasteiger partial charge on any atom is -0.484 e. The number of nitro groups is 1. The number of carbonyl (C=O) groups excluding carboxylic acids is 1. The molecular weight excluding hydrogens is 518 g/mol. The standard InChI is InChI=1S/C29H35N3O8/c1-17(2)39-28(35)29(13-14-31(5)24-16-38-22-11-6-7-12-23(22)40-24)19(4)30-18(3)25(27(33)34)26(29)20-9-8-10-21(15-20)32(36)37/h6-12,15,17,19,24,26,30H,13-14,16H2,1-5H3,(H,33,34). The van der Waals surface area contributed by atoms with Crippen molar-refractivity contribution in [3.05, 3.63) is 75.5 Å². The van der Waals surface area contributed by atoms with Crippen molar-refractivity contribution in [3.8, 4) is 11.5 Å². The second-order valence-corrected chi connectivity index (χ2v) is 10.6. The van der Waals surface area contributed by atoms with Gasteiger partial charge in [-0.1, -0.05) is 24.3 Å². The monoisotopic (exact) mass is 553 g/mol. The number of esters is 1. The van der Waals surface area contributed by atoms with Crippen molar-refractivity contribution in [2.24, 2.45) is 5.41 Å². The fourth-order valence-corrected chi connectivity index (χ4v) is 5.63. The Bertz CT molecular complexity index is 1330. The highest BCUT2D eigenvalue weighted by Gasteiger charge is 2.57. The predicted molar refractivity (Wildman–Crippen MR) is 146 cm³/mol. The van der Waals surface area contributed by atoms with Crippen LogP contribution in [0.4, 0.5) is 5.69 Å². The number of carbonyl (C=O) groups is 2. The Kier molecular flexibility index (Phi) is 8.34. The van der Waals surface area contributed by atoms with Crippen LogP contribution in [0.5, 0.6) is 11.5 Å². The average Bonchev–Trinajstić information content (AvgIpc) is 2.91. The normalized spacial score (nSPS) is 24.0. The van der Waals surface area contributed by atoms with Gasteiger partial charge in [0.15, 0.2) is 17.7 Å². The van der Waals surface area contributed by atoms with Crippen LogP contribution in [0.3, 0.4) is 0 Å². The van der Waals surface area contributed by atoms with Gasteiger partial charge in [-0.2, -0.15) is 0 Å². The molecule has 40 heavy (non-hydrogen) atoms. The minimum absolute atomic E-state index is 0.0341. The molecule has 2 heterocycles. The fraction of sp³-hybridized carbons (Fsp3) is 0.448. The third-order valence-electron chi connectivity index (χ3n) is 7.64. The fourth-order valence-electron chi connectivity index (χ4n) is 5.63. The van der Waals surface area contributed by atoms with E-state index in [2.05, 4.69) is 5.32 Å². The van der Waals surface area contributed by atoms with E-state index in [0.717, 1.165) is 0 Å². The first-order valence-corrected chi connectivity index (χ1v) is 13.2. The van der Waals surface area contributed by atoms with Crippen LogP contribution >= 0.6 is 0 Å². The molecule has 2 aromatic carbocycles. The first-order valence-electron chi connectivity index (χ1n) is 13.2. The molecule has 2 aromatic rings. The van der Waals surface area contributed by atoms with Crippen LogP contribution in [0.2, 0.25) is 0 Å². The summed E-state index contributed by atoms with van der Waals surface area (Å²) in [4.78, 5) is 39.8. The summed E-state index contributed by atoms with van der Waals surface area (Å²) in [6.45, 7) is 7.48. The Labute approximate surface area is 232 Å². The van der Waals surface area contributed by atoms with Crippen molar-refractivity contribution in [1.29, 1.82) is 0 Å². The van der Waals surface area contributed by atoms with E-state index >= 15 is 0 Å². The van der Waals surface area contributed by atoms with Crippen molar-refractivity contribution in [3.63, 3.8) is 0 Å². The minimum atomic E-state index is -1.42. The molecule has 0 fully saturated rings. The number of allylic oxidation sites excluding steroid dienone is 1. The van der Waals surface area contributed by atoms with E-state index in [1.54, 1.807) is 26.8 Å². The third-order valence-corrected chi connectivity index (χ3v) is 7.64. The molecule has 0 spiro atoms. The molecule has 214 valence electrons. The molecule has 2 N–H and O–H groups in total. The maximum atomic E-state index is 14.1. The highest BCUT2D eigenvalue weighted by Crippen LogP contribution is 2.51. The quantitative estimate of drug-likeness (QED) is 0.265. The number of hydrogen-bond donors (Lipinski definition) is 2. The lowest BCUT2D eigenvalue weighted by Gasteiger charge is -2.48. The van der Waals surface area contributed by atoms with E-state index in [1.165, 1.54) is 18.2 Å². The molecule has 0 bridgehead atoms. The summed E-state index contributed by atoms with van der Waals surface area (Å²) in [7, 11) is 1.84. The number of benzene rings is 2. The van der Waals surface area contributed by atoms with E-state index in [4.69, 9.17) is 14.2 Å². The van der Waals surface area contributed by atoms with Crippen LogP contribution in [-0.4, -0.2) is 65.4 Å². The number of fused-ring (bicyclic) bond motifs is 1. The van der Waals surface area contributed by atoms with Crippen molar-refractivity contribution in [1.82, 2.24) is 10.2 Å². The second-order valence-electron chi connectivity index (χ2n) is 10.6. The molecule has 0 aliphatic carbocycles.